The van der Waals surface area contributed by atoms with Crippen LogP contribution in [0.2, 0.25) is 0 Å². The number of ether oxygens (including phenoxy) is 1. The first-order chi connectivity index (χ1) is 9.85. The van der Waals surface area contributed by atoms with Gasteiger partial charge in [0.1, 0.15) is 12.4 Å². The Hall–Kier alpha value is -1.06. The number of benzene rings is 1. The molecule has 0 bridgehead atoms. The molecule has 2 aliphatic rings. The molecule has 1 aromatic carbocycles. The Labute approximate surface area is 122 Å². The number of fused-ring (bicyclic) bond motifs is 1. The third-order valence-corrected chi connectivity index (χ3v) is 4.76. The van der Waals surface area contributed by atoms with E-state index in [4.69, 9.17) is 4.74 Å². The van der Waals surface area contributed by atoms with E-state index in [0.717, 1.165) is 37.3 Å². The summed E-state index contributed by atoms with van der Waals surface area (Å²) in [5.41, 5.74) is 1.28. The molecule has 110 valence electrons. The van der Waals surface area contributed by atoms with E-state index in [1.165, 1.54) is 37.9 Å². The second-order valence-corrected chi connectivity index (χ2v) is 6.24. The first-order valence-electron chi connectivity index (χ1n) is 7.94. The maximum atomic E-state index is 5.91. The summed E-state index contributed by atoms with van der Waals surface area (Å²) in [5.74, 6) is 2.96. The molecule has 0 radical (unpaired) electrons. The Kier molecular flexibility index (Phi) is 4.58. The van der Waals surface area contributed by atoms with Crippen molar-refractivity contribution in [3.05, 3.63) is 29.8 Å². The van der Waals surface area contributed by atoms with Crippen LogP contribution in [0.3, 0.4) is 0 Å². The largest absolute Gasteiger partial charge is 0.492 e. The van der Waals surface area contributed by atoms with Gasteiger partial charge >= 0.3 is 0 Å². The van der Waals surface area contributed by atoms with Gasteiger partial charge in [-0.1, -0.05) is 18.6 Å². The van der Waals surface area contributed by atoms with Crippen molar-refractivity contribution in [1.29, 1.82) is 0 Å². The van der Waals surface area contributed by atoms with Gasteiger partial charge in [0.05, 0.1) is 0 Å². The quantitative estimate of drug-likeness (QED) is 0.862. The summed E-state index contributed by atoms with van der Waals surface area (Å²) < 4.78 is 5.91. The van der Waals surface area contributed by atoms with Gasteiger partial charge in [0.25, 0.3) is 0 Å². The Balaban J connectivity index is 1.42. The molecule has 1 saturated heterocycles. The highest BCUT2D eigenvalue weighted by atomic mass is 16.5. The van der Waals surface area contributed by atoms with Crippen LogP contribution in [0, 0.1) is 11.8 Å². The second kappa shape index (κ2) is 6.59. The van der Waals surface area contributed by atoms with Crippen LogP contribution >= 0.6 is 0 Å². The predicted molar refractivity (Wildman–Crippen MR) is 82.0 cm³/mol. The molecule has 2 unspecified atom stereocenters. The summed E-state index contributed by atoms with van der Waals surface area (Å²) in [6.45, 7) is 5.38. The molecular formula is C17H26N2O. The lowest BCUT2D eigenvalue weighted by Gasteiger charge is -2.17. The molecule has 1 N–H and O–H groups in total. The highest BCUT2D eigenvalue weighted by molar-refractivity contribution is 5.28. The molecular weight excluding hydrogens is 248 g/mol. The van der Waals surface area contributed by atoms with Crippen molar-refractivity contribution in [1.82, 2.24) is 10.2 Å². The van der Waals surface area contributed by atoms with Crippen LogP contribution in [0.5, 0.6) is 5.75 Å². The minimum atomic E-state index is 0.808. The summed E-state index contributed by atoms with van der Waals surface area (Å²) in [5, 5.41) is 3.17. The van der Waals surface area contributed by atoms with Crippen molar-refractivity contribution in [3.8, 4) is 5.75 Å². The van der Waals surface area contributed by atoms with Gasteiger partial charge in [0.15, 0.2) is 0 Å². The fourth-order valence-corrected chi connectivity index (χ4v) is 3.76. The highest BCUT2D eigenvalue weighted by Gasteiger charge is 2.35. The molecule has 3 nitrogen and oxygen atoms in total. The lowest BCUT2D eigenvalue weighted by Crippen LogP contribution is -2.27. The molecule has 0 amide bonds. The third kappa shape index (κ3) is 3.33. The predicted octanol–water partition coefficient (Wildman–Crippen LogP) is 2.52. The molecule has 20 heavy (non-hydrogen) atoms. The van der Waals surface area contributed by atoms with Crippen molar-refractivity contribution < 1.29 is 4.74 Å². The Bertz CT molecular complexity index is 423. The van der Waals surface area contributed by atoms with Crippen molar-refractivity contribution >= 4 is 0 Å². The number of likely N-dealkylation sites (tertiary alicyclic amines) is 1. The van der Waals surface area contributed by atoms with E-state index in [9.17, 15) is 0 Å². The van der Waals surface area contributed by atoms with Gasteiger partial charge in [-0.2, -0.15) is 0 Å². The number of rotatable bonds is 6. The van der Waals surface area contributed by atoms with Gasteiger partial charge in [-0.25, -0.2) is 0 Å². The molecule has 0 spiro atoms. The maximum absolute atomic E-state index is 5.91. The van der Waals surface area contributed by atoms with Gasteiger partial charge in [-0.15, -0.1) is 0 Å². The van der Waals surface area contributed by atoms with Crippen molar-refractivity contribution in [2.75, 3.05) is 33.3 Å². The zero-order chi connectivity index (χ0) is 13.8. The van der Waals surface area contributed by atoms with E-state index >= 15 is 0 Å². The van der Waals surface area contributed by atoms with Crippen LogP contribution in [0.25, 0.3) is 0 Å². The summed E-state index contributed by atoms with van der Waals surface area (Å²) in [6.07, 6.45) is 4.36. The van der Waals surface area contributed by atoms with Crippen molar-refractivity contribution in [2.45, 2.75) is 25.8 Å². The highest BCUT2D eigenvalue weighted by Crippen LogP contribution is 2.37. The van der Waals surface area contributed by atoms with Crippen LogP contribution in [0.4, 0.5) is 0 Å². The van der Waals surface area contributed by atoms with Crippen LogP contribution in [-0.4, -0.2) is 38.2 Å². The third-order valence-electron chi connectivity index (χ3n) is 4.76. The molecule has 1 aliphatic heterocycles. The Morgan fingerprint density at radius 2 is 2.05 bits per heavy atom. The SMILES string of the molecule is CNCc1cccc(OCCN2CC3CCCC3C2)c1. The van der Waals surface area contributed by atoms with Crippen molar-refractivity contribution in [3.63, 3.8) is 0 Å². The Morgan fingerprint density at radius 3 is 2.80 bits per heavy atom. The average Bonchev–Trinajstić information content (AvgIpc) is 3.00. The Morgan fingerprint density at radius 1 is 1.25 bits per heavy atom. The van der Waals surface area contributed by atoms with Crippen LogP contribution in [0.15, 0.2) is 24.3 Å². The van der Waals surface area contributed by atoms with E-state index in [1.54, 1.807) is 0 Å². The van der Waals surface area contributed by atoms with E-state index in [2.05, 4.69) is 34.5 Å². The lowest BCUT2D eigenvalue weighted by atomic mass is 10.0. The van der Waals surface area contributed by atoms with Gasteiger partial charge < -0.3 is 10.1 Å². The van der Waals surface area contributed by atoms with E-state index in [1.807, 2.05) is 7.05 Å². The molecule has 2 atom stereocenters. The average molecular weight is 274 g/mol. The summed E-state index contributed by atoms with van der Waals surface area (Å²) in [6, 6.07) is 8.39. The first kappa shape index (κ1) is 13.9. The zero-order valence-corrected chi connectivity index (χ0v) is 12.5. The standard InChI is InChI=1S/C17H26N2O/c1-18-11-14-4-2-7-17(10-14)20-9-8-19-12-15-5-3-6-16(15)13-19/h2,4,7,10,15-16,18H,3,5-6,8-9,11-13H2,1H3. The first-order valence-corrected chi connectivity index (χ1v) is 7.94. The minimum Gasteiger partial charge on any atom is -0.492 e. The van der Waals surface area contributed by atoms with Gasteiger partial charge in [-0.3, -0.25) is 4.90 Å². The number of hydrogen-bond acceptors (Lipinski definition) is 3. The summed E-state index contributed by atoms with van der Waals surface area (Å²) in [4.78, 5) is 2.59. The van der Waals surface area contributed by atoms with Crippen LogP contribution in [-0.2, 0) is 6.54 Å². The molecule has 3 heteroatoms. The fourth-order valence-electron chi connectivity index (χ4n) is 3.76. The lowest BCUT2D eigenvalue weighted by molar-refractivity contribution is 0.227. The molecule has 3 rings (SSSR count). The topological polar surface area (TPSA) is 24.5 Å². The van der Waals surface area contributed by atoms with Crippen LogP contribution < -0.4 is 10.1 Å². The molecule has 1 aliphatic carbocycles. The molecule has 1 aromatic rings. The fraction of sp³-hybridized carbons (Fsp3) is 0.647. The number of nitrogens with zero attached hydrogens (tertiary/aromatic N) is 1. The van der Waals surface area contributed by atoms with E-state index in [-0.39, 0.29) is 0 Å². The monoisotopic (exact) mass is 274 g/mol. The second-order valence-electron chi connectivity index (χ2n) is 6.24. The summed E-state index contributed by atoms with van der Waals surface area (Å²) >= 11 is 0. The minimum absolute atomic E-state index is 0.808. The van der Waals surface area contributed by atoms with Crippen LogP contribution in [0.1, 0.15) is 24.8 Å². The molecule has 1 saturated carbocycles. The molecule has 2 fully saturated rings. The normalized spacial score (nSPS) is 25.9. The van der Waals surface area contributed by atoms with Gasteiger partial charge in [0.2, 0.25) is 0 Å². The molecule has 1 heterocycles. The number of nitrogens with one attached hydrogen (secondary N) is 1. The van der Waals surface area contributed by atoms with E-state index in [0.29, 0.717) is 0 Å². The van der Waals surface area contributed by atoms with E-state index < -0.39 is 0 Å². The smallest absolute Gasteiger partial charge is 0.119 e. The maximum Gasteiger partial charge on any atom is 0.119 e. The zero-order valence-electron chi connectivity index (χ0n) is 12.5. The number of hydrogen-bond donors (Lipinski definition) is 1. The van der Waals surface area contributed by atoms with Gasteiger partial charge in [-0.05, 0) is 49.4 Å². The van der Waals surface area contributed by atoms with Gasteiger partial charge in [0, 0.05) is 26.2 Å². The van der Waals surface area contributed by atoms with Crippen molar-refractivity contribution in [2.24, 2.45) is 11.8 Å². The molecule has 0 aromatic heterocycles. The summed E-state index contributed by atoms with van der Waals surface area (Å²) in [7, 11) is 1.97.